The summed E-state index contributed by atoms with van der Waals surface area (Å²) in [6, 6.07) is 0. The maximum Gasteiger partial charge on any atom is 0.302 e. The Morgan fingerprint density at radius 2 is 2.19 bits per heavy atom. The molecule has 0 aliphatic carbocycles. The molecule has 0 saturated carbocycles. The van der Waals surface area contributed by atoms with E-state index in [1.54, 1.807) is 6.92 Å². The molecule has 2 heterocycles. The highest BCUT2D eigenvalue weighted by Crippen LogP contribution is 2.24. The fraction of sp³-hybridized carbons (Fsp3) is 0.500. The number of carbonyl (C=O) groups is 2. The van der Waals surface area contributed by atoms with Crippen molar-refractivity contribution in [3.63, 3.8) is 0 Å². The van der Waals surface area contributed by atoms with Gasteiger partial charge >= 0.3 is 10.2 Å². The maximum absolute atomic E-state index is 12.7. The van der Waals surface area contributed by atoms with E-state index < -0.39 is 21.9 Å². The molecule has 0 radical (unpaired) electrons. The molecule has 1 fully saturated rings. The summed E-state index contributed by atoms with van der Waals surface area (Å²) in [4.78, 5) is 32.4. The van der Waals surface area contributed by atoms with Crippen molar-refractivity contribution in [3.05, 3.63) is 17.5 Å². The molecular weight excluding hydrogens is 301 g/mol. The molecule has 1 atom stereocenters. The van der Waals surface area contributed by atoms with Crippen LogP contribution in [0.3, 0.4) is 0 Å². The lowest BCUT2D eigenvalue weighted by molar-refractivity contribution is -0.117. The average molecular weight is 315 g/mol. The molecule has 21 heavy (non-hydrogen) atoms. The van der Waals surface area contributed by atoms with E-state index in [9.17, 15) is 21.9 Å². The van der Waals surface area contributed by atoms with E-state index in [0.717, 1.165) is 0 Å². The molecular formula is C12H14FN3O4S. The number of aryl methyl sites for hydroxylation is 1. The average Bonchev–Trinajstić information content (AvgIpc) is 2.66. The van der Waals surface area contributed by atoms with Crippen LogP contribution in [0, 0.1) is 12.8 Å². The van der Waals surface area contributed by atoms with Gasteiger partial charge in [0.15, 0.2) is 5.78 Å². The predicted octanol–water partition coefficient (Wildman–Crippen LogP) is 0.640. The van der Waals surface area contributed by atoms with Gasteiger partial charge in [0.25, 0.3) is 0 Å². The Hall–Kier alpha value is -1.90. The van der Waals surface area contributed by atoms with Crippen molar-refractivity contribution in [1.29, 1.82) is 0 Å². The minimum atomic E-state index is -4.63. The number of hydrogen-bond acceptors (Lipinski definition) is 6. The van der Waals surface area contributed by atoms with Crippen LogP contribution >= 0.6 is 0 Å². The first-order valence-corrected chi connectivity index (χ1v) is 7.80. The van der Waals surface area contributed by atoms with E-state index in [2.05, 4.69) is 9.97 Å². The van der Waals surface area contributed by atoms with Crippen LogP contribution in [-0.4, -0.2) is 42.4 Å². The van der Waals surface area contributed by atoms with Gasteiger partial charge in [-0.3, -0.25) is 14.5 Å². The van der Waals surface area contributed by atoms with Crippen LogP contribution in [-0.2, 0) is 15.0 Å². The number of halogens is 1. The number of rotatable bonds is 4. The number of Topliss-reactive ketones (excluding diaryl/α,β-unsaturated/α-hetero) is 1. The van der Waals surface area contributed by atoms with Crippen LogP contribution in [0.5, 0.6) is 0 Å². The van der Waals surface area contributed by atoms with Gasteiger partial charge in [0.1, 0.15) is 0 Å². The molecule has 9 heteroatoms. The third-order valence-corrected chi connectivity index (χ3v) is 4.10. The van der Waals surface area contributed by atoms with Gasteiger partial charge in [0, 0.05) is 25.1 Å². The normalized spacial score (nSPS) is 19.1. The minimum Gasteiger partial charge on any atom is -0.294 e. The summed E-state index contributed by atoms with van der Waals surface area (Å²) < 4.78 is 34.0. The first-order chi connectivity index (χ1) is 9.67. The first-order valence-electron chi connectivity index (χ1n) is 6.24. The lowest BCUT2D eigenvalue weighted by Crippen LogP contribution is -2.27. The Labute approximate surface area is 121 Å². The van der Waals surface area contributed by atoms with Crippen LogP contribution in [0.15, 0.2) is 6.20 Å². The van der Waals surface area contributed by atoms with E-state index in [0.29, 0.717) is 11.3 Å². The lowest BCUT2D eigenvalue weighted by atomic mass is 10.1. The Bertz CT molecular complexity index is 704. The number of ketones is 1. The lowest BCUT2D eigenvalue weighted by Gasteiger charge is -2.15. The molecule has 1 aromatic heterocycles. The maximum atomic E-state index is 12.7. The Morgan fingerprint density at radius 1 is 1.52 bits per heavy atom. The van der Waals surface area contributed by atoms with Crippen molar-refractivity contribution >= 4 is 27.9 Å². The summed E-state index contributed by atoms with van der Waals surface area (Å²) in [6.07, 6.45) is 1.26. The van der Waals surface area contributed by atoms with Crippen molar-refractivity contribution < 1.29 is 21.9 Å². The van der Waals surface area contributed by atoms with Gasteiger partial charge in [-0.1, -0.05) is 0 Å². The van der Waals surface area contributed by atoms with Crippen LogP contribution in [0.4, 0.5) is 9.83 Å². The monoisotopic (exact) mass is 315 g/mol. The molecule has 1 aromatic rings. The molecule has 1 aliphatic heterocycles. The Morgan fingerprint density at radius 3 is 2.71 bits per heavy atom. The Balaban J connectivity index is 2.21. The summed E-state index contributed by atoms with van der Waals surface area (Å²) in [5, 5.41) is 0. The smallest absolute Gasteiger partial charge is 0.294 e. The molecule has 1 saturated heterocycles. The number of carbonyl (C=O) groups excluding carboxylic acids is 2. The van der Waals surface area contributed by atoms with E-state index in [4.69, 9.17) is 0 Å². The molecule has 1 unspecified atom stereocenters. The molecule has 0 N–H and O–H groups in total. The van der Waals surface area contributed by atoms with Gasteiger partial charge in [0.05, 0.1) is 17.0 Å². The molecule has 0 bridgehead atoms. The second-order valence-electron chi connectivity index (χ2n) is 5.01. The highest BCUT2D eigenvalue weighted by atomic mass is 32.3. The number of hydrogen-bond donors (Lipinski definition) is 0. The van der Waals surface area contributed by atoms with E-state index in [1.165, 1.54) is 18.0 Å². The first kappa shape index (κ1) is 15.5. The quantitative estimate of drug-likeness (QED) is 0.597. The van der Waals surface area contributed by atoms with Gasteiger partial charge < -0.3 is 0 Å². The third kappa shape index (κ3) is 3.60. The van der Waals surface area contributed by atoms with Crippen LogP contribution < -0.4 is 4.90 Å². The second-order valence-corrected chi connectivity index (χ2v) is 6.42. The molecule has 7 nitrogen and oxygen atoms in total. The minimum absolute atomic E-state index is 0.0425. The van der Waals surface area contributed by atoms with E-state index >= 15 is 0 Å². The second kappa shape index (κ2) is 5.47. The van der Waals surface area contributed by atoms with Gasteiger partial charge in [0.2, 0.25) is 11.9 Å². The van der Waals surface area contributed by atoms with Crippen LogP contribution in [0.2, 0.25) is 0 Å². The van der Waals surface area contributed by atoms with Crippen molar-refractivity contribution in [1.82, 2.24) is 9.97 Å². The number of aromatic nitrogens is 2. The number of nitrogens with zero attached hydrogens (tertiary/aromatic N) is 3. The van der Waals surface area contributed by atoms with Crippen molar-refractivity contribution in [2.45, 2.75) is 20.3 Å². The van der Waals surface area contributed by atoms with E-state index in [1.807, 2.05) is 0 Å². The summed E-state index contributed by atoms with van der Waals surface area (Å²) in [7, 11) is -4.63. The summed E-state index contributed by atoms with van der Waals surface area (Å²) in [5.74, 6) is -1.77. The van der Waals surface area contributed by atoms with Crippen molar-refractivity contribution in [2.24, 2.45) is 5.92 Å². The van der Waals surface area contributed by atoms with E-state index in [-0.39, 0.29) is 30.6 Å². The molecule has 2 rings (SSSR count). The summed E-state index contributed by atoms with van der Waals surface area (Å²) >= 11 is 0. The highest BCUT2D eigenvalue weighted by molar-refractivity contribution is 7.86. The van der Waals surface area contributed by atoms with Gasteiger partial charge in [-0.2, -0.15) is 8.42 Å². The number of anilines is 1. The zero-order valence-corrected chi connectivity index (χ0v) is 12.4. The van der Waals surface area contributed by atoms with Crippen LogP contribution in [0.25, 0.3) is 0 Å². The topological polar surface area (TPSA) is 97.3 Å². The summed E-state index contributed by atoms with van der Waals surface area (Å²) in [5.41, 5.74) is 0.787. The SMILES string of the molecule is CC(=O)c1cnc(N2CC(CS(=O)(=O)F)CC2=O)nc1C. The summed E-state index contributed by atoms with van der Waals surface area (Å²) in [6.45, 7) is 3.04. The van der Waals surface area contributed by atoms with Gasteiger partial charge in [-0.25, -0.2) is 9.97 Å². The fourth-order valence-corrected chi connectivity index (χ4v) is 3.08. The largest absolute Gasteiger partial charge is 0.302 e. The van der Waals surface area contributed by atoms with Crippen molar-refractivity contribution in [2.75, 3.05) is 17.2 Å². The molecule has 0 aromatic carbocycles. The number of amides is 1. The molecule has 0 spiro atoms. The fourth-order valence-electron chi connectivity index (χ4n) is 2.30. The van der Waals surface area contributed by atoms with Gasteiger partial charge in [-0.05, 0) is 13.8 Å². The van der Waals surface area contributed by atoms with Crippen molar-refractivity contribution in [3.8, 4) is 0 Å². The zero-order chi connectivity index (χ0) is 15.8. The third-order valence-electron chi connectivity index (χ3n) is 3.23. The molecule has 114 valence electrons. The predicted molar refractivity (Wildman–Crippen MR) is 72.1 cm³/mol. The Kier molecular flexibility index (Phi) is 4.04. The molecule has 1 aliphatic rings. The standard InChI is InChI=1S/C12H14FN3O4S/c1-7-10(8(2)17)4-14-12(15-7)16-5-9(3-11(16)18)6-21(13,19)20/h4,9H,3,5-6H2,1-2H3. The van der Waals surface area contributed by atoms with Gasteiger partial charge in [-0.15, -0.1) is 3.89 Å². The zero-order valence-electron chi connectivity index (χ0n) is 11.5. The molecule has 1 amide bonds. The van der Waals surface area contributed by atoms with Crippen LogP contribution in [0.1, 0.15) is 29.4 Å². The highest BCUT2D eigenvalue weighted by Gasteiger charge is 2.35.